The number of fused-ring (bicyclic) bond motifs is 1. The van der Waals surface area contributed by atoms with E-state index < -0.39 is 24.0 Å². The summed E-state index contributed by atoms with van der Waals surface area (Å²) in [5, 5.41) is 7.06. The molecule has 0 bridgehead atoms. The molecular weight excluding hydrogens is 470 g/mol. The Hall–Kier alpha value is -4.21. The highest BCUT2D eigenvalue weighted by atomic mass is 16.2. The summed E-state index contributed by atoms with van der Waals surface area (Å²) in [5.41, 5.74) is 11.0. The molecule has 3 aromatic rings. The summed E-state index contributed by atoms with van der Waals surface area (Å²) in [4.78, 5) is 46.6. The number of imide groups is 1. The molecule has 0 unspecified atom stereocenters. The standard InChI is InChI=1S/C27H31N7O3/c1-6-22(19-8-7-15(2)16(3)9-19)34-27(37)32-24(26(36)33(34)20-13-29-31(5)14-20)21(25(32)35)11-18-10-17(4)30-23(28)12-18/h7-10,12-14,21-22,24H,6,11H2,1-5H3,(H2,28,30)/t21-,22-,24+/m1/s1. The van der Waals surface area contributed by atoms with Gasteiger partial charge in [-0.15, -0.1) is 0 Å². The fourth-order valence-corrected chi connectivity index (χ4v) is 5.37. The molecule has 0 spiro atoms. The van der Waals surface area contributed by atoms with Crippen LogP contribution in [-0.4, -0.2) is 48.6 Å². The fraction of sp³-hybridized carbons (Fsp3) is 0.370. The van der Waals surface area contributed by atoms with E-state index in [2.05, 4.69) is 10.1 Å². The van der Waals surface area contributed by atoms with Crippen molar-refractivity contribution in [1.29, 1.82) is 0 Å². The van der Waals surface area contributed by atoms with Gasteiger partial charge in [0.05, 0.1) is 24.4 Å². The first-order chi connectivity index (χ1) is 17.6. The first-order valence-corrected chi connectivity index (χ1v) is 12.4. The highest BCUT2D eigenvalue weighted by Gasteiger charge is 2.62. The molecule has 5 rings (SSSR count). The van der Waals surface area contributed by atoms with Gasteiger partial charge in [0, 0.05) is 12.7 Å². The molecule has 10 nitrogen and oxygen atoms in total. The zero-order valence-electron chi connectivity index (χ0n) is 21.7. The van der Waals surface area contributed by atoms with E-state index in [-0.39, 0.29) is 11.8 Å². The summed E-state index contributed by atoms with van der Waals surface area (Å²) < 4.78 is 1.58. The molecule has 0 aliphatic carbocycles. The van der Waals surface area contributed by atoms with Crippen LogP contribution in [-0.2, 0) is 23.1 Å². The first-order valence-electron chi connectivity index (χ1n) is 12.4. The molecule has 2 saturated heterocycles. The molecule has 2 aromatic heterocycles. The monoisotopic (exact) mass is 501 g/mol. The molecule has 37 heavy (non-hydrogen) atoms. The second-order valence-electron chi connectivity index (χ2n) is 9.92. The third-order valence-corrected chi connectivity index (χ3v) is 7.32. The van der Waals surface area contributed by atoms with Gasteiger partial charge < -0.3 is 5.73 Å². The highest BCUT2D eigenvalue weighted by Crippen LogP contribution is 2.42. The number of anilines is 2. The number of hydrazine groups is 1. The van der Waals surface area contributed by atoms with Crippen LogP contribution in [0.15, 0.2) is 42.7 Å². The minimum Gasteiger partial charge on any atom is -0.384 e. The van der Waals surface area contributed by atoms with Gasteiger partial charge >= 0.3 is 6.03 Å². The van der Waals surface area contributed by atoms with Crippen molar-refractivity contribution in [3.63, 3.8) is 0 Å². The normalized spacial score (nSPS) is 20.2. The number of aryl methyl sites for hydroxylation is 4. The minimum absolute atomic E-state index is 0.293. The van der Waals surface area contributed by atoms with Gasteiger partial charge in [-0.25, -0.2) is 24.7 Å². The van der Waals surface area contributed by atoms with Crippen LogP contribution in [0.1, 0.15) is 47.3 Å². The Morgan fingerprint density at radius 1 is 1.03 bits per heavy atom. The summed E-state index contributed by atoms with van der Waals surface area (Å²) in [6.45, 7) is 7.82. The maximum absolute atomic E-state index is 14.1. The molecule has 1 aromatic carbocycles. The van der Waals surface area contributed by atoms with Gasteiger partial charge in [0.1, 0.15) is 17.5 Å². The van der Waals surface area contributed by atoms with Crippen molar-refractivity contribution in [2.24, 2.45) is 13.0 Å². The van der Waals surface area contributed by atoms with E-state index >= 15 is 0 Å². The molecule has 0 saturated carbocycles. The lowest BCUT2D eigenvalue weighted by molar-refractivity contribution is -0.162. The van der Waals surface area contributed by atoms with Gasteiger partial charge in [-0.1, -0.05) is 25.1 Å². The second-order valence-corrected chi connectivity index (χ2v) is 9.92. The number of amides is 4. The van der Waals surface area contributed by atoms with Crippen LogP contribution < -0.4 is 10.7 Å². The number of hydrogen-bond acceptors (Lipinski definition) is 6. The number of carbonyl (C=O) groups excluding carboxylic acids is 3. The Morgan fingerprint density at radius 2 is 1.78 bits per heavy atom. The molecule has 10 heteroatoms. The lowest BCUT2D eigenvalue weighted by Gasteiger charge is -2.55. The molecule has 4 amide bonds. The van der Waals surface area contributed by atoms with E-state index in [1.165, 1.54) is 10.0 Å². The van der Waals surface area contributed by atoms with E-state index in [0.717, 1.165) is 32.8 Å². The molecule has 3 atom stereocenters. The Balaban J connectivity index is 1.55. The Labute approximate surface area is 215 Å². The average Bonchev–Trinajstić information content (AvgIpc) is 3.26. The van der Waals surface area contributed by atoms with Crippen LogP contribution >= 0.6 is 0 Å². The number of hydrogen-bond donors (Lipinski definition) is 1. The lowest BCUT2D eigenvalue weighted by Crippen LogP contribution is -2.78. The van der Waals surface area contributed by atoms with Crippen molar-refractivity contribution >= 4 is 29.4 Å². The lowest BCUT2D eigenvalue weighted by atomic mass is 9.81. The quantitative estimate of drug-likeness (QED) is 0.518. The predicted molar refractivity (Wildman–Crippen MR) is 138 cm³/mol. The van der Waals surface area contributed by atoms with Crippen molar-refractivity contribution < 1.29 is 14.4 Å². The summed E-state index contributed by atoms with van der Waals surface area (Å²) in [6.07, 6.45) is 4.10. The molecule has 2 N–H and O–H groups in total. The molecule has 4 heterocycles. The number of carbonyl (C=O) groups is 3. The van der Waals surface area contributed by atoms with Gasteiger partial charge in [-0.3, -0.25) is 14.3 Å². The number of β-lactam (4-membered cyclic amide) rings is 1. The van der Waals surface area contributed by atoms with Crippen molar-refractivity contribution in [3.8, 4) is 0 Å². The third-order valence-electron chi connectivity index (χ3n) is 7.32. The molecular formula is C27H31N7O3. The highest BCUT2D eigenvalue weighted by molar-refractivity contribution is 6.16. The number of nitrogens with zero attached hydrogens (tertiary/aromatic N) is 6. The van der Waals surface area contributed by atoms with E-state index in [1.54, 1.807) is 30.2 Å². The van der Waals surface area contributed by atoms with Crippen LogP contribution in [0, 0.1) is 26.7 Å². The van der Waals surface area contributed by atoms with Crippen molar-refractivity contribution in [2.75, 3.05) is 10.7 Å². The van der Waals surface area contributed by atoms with Gasteiger partial charge in [0.25, 0.3) is 5.91 Å². The number of benzene rings is 1. The van der Waals surface area contributed by atoms with Crippen LogP contribution in [0.4, 0.5) is 16.3 Å². The molecule has 2 aliphatic heterocycles. The number of aromatic nitrogens is 3. The second kappa shape index (κ2) is 9.02. The summed E-state index contributed by atoms with van der Waals surface area (Å²) >= 11 is 0. The van der Waals surface area contributed by atoms with E-state index in [0.29, 0.717) is 24.3 Å². The summed E-state index contributed by atoms with van der Waals surface area (Å²) in [5.74, 6) is -1.01. The maximum atomic E-state index is 14.1. The van der Waals surface area contributed by atoms with Gasteiger partial charge in [-0.2, -0.15) is 5.10 Å². The van der Waals surface area contributed by atoms with Gasteiger partial charge in [0.15, 0.2) is 0 Å². The maximum Gasteiger partial charge on any atom is 0.347 e. The Morgan fingerprint density at radius 3 is 2.41 bits per heavy atom. The number of nitrogens with two attached hydrogens (primary N) is 1. The molecule has 2 aliphatic rings. The van der Waals surface area contributed by atoms with Crippen LogP contribution in [0.3, 0.4) is 0 Å². The number of pyridine rings is 1. The zero-order chi connectivity index (χ0) is 26.6. The number of urea groups is 1. The van der Waals surface area contributed by atoms with Crippen molar-refractivity contribution in [2.45, 2.75) is 52.6 Å². The predicted octanol–water partition coefficient (Wildman–Crippen LogP) is 3.23. The van der Waals surface area contributed by atoms with E-state index in [4.69, 9.17) is 5.73 Å². The van der Waals surface area contributed by atoms with E-state index in [1.807, 2.05) is 52.0 Å². The van der Waals surface area contributed by atoms with Crippen molar-refractivity contribution in [1.82, 2.24) is 24.7 Å². The molecule has 2 fully saturated rings. The van der Waals surface area contributed by atoms with Gasteiger partial charge in [-0.05, 0) is 68.0 Å². The van der Waals surface area contributed by atoms with Crippen molar-refractivity contribution in [3.05, 3.63) is 70.7 Å². The summed E-state index contributed by atoms with van der Waals surface area (Å²) in [6, 6.07) is 7.70. The van der Waals surface area contributed by atoms with E-state index in [9.17, 15) is 14.4 Å². The molecule has 192 valence electrons. The Kier molecular flexibility index (Phi) is 5.97. The molecule has 0 radical (unpaired) electrons. The first kappa shape index (κ1) is 24.5. The third kappa shape index (κ3) is 4.02. The van der Waals surface area contributed by atoms with Crippen LogP contribution in [0.2, 0.25) is 0 Å². The van der Waals surface area contributed by atoms with Crippen LogP contribution in [0.5, 0.6) is 0 Å². The number of nitrogen functional groups attached to an aromatic ring is 1. The fourth-order valence-electron chi connectivity index (χ4n) is 5.37. The summed E-state index contributed by atoms with van der Waals surface area (Å²) in [7, 11) is 1.75. The number of rotatable bonds is 6. The SMILES string of the molecule is CC[C@H](c1ccc(C)c(C)c1)N1C(=O)N2C(=O)[C@H](Cc3cc(C)nc(N)c3)[C@H]2C(=O)N1c1cnn(C)c1. The average molecular weight is 502 g/mol. The van der Waals surface area contributed by atoms with Crippen LogP contribution in [0.25, 0.3) is 0 Å². The Bertz CT molecular complexity index is 1390. The minimum atomic E-state index is -0.900. The van der Waals surface area contributed by atoms with Gasteiger partial charge in [0.2, 0.25) is 5.91 Å². The zero-order valence-corrected chi connectivity index (χ0v) is 21.7. The largest absolute Gasteiger partial charge is 0.384 e. The smallest absolute Gasteiger partial charge is 0.347 e. The topological polar surface area (TPSA) is 118 Å².